The smallest absolute Gasteiger partial charge is 0.236 e. The van der Waals surface area contributed by atoms with Crippen molar-refractivity contribution in [2.75, 3.05) is 45.8 Å². The van der Waals surface area contributed by atoms with E-state index in [0.717, 1.165) is 32.5 Å². The lowest BCUT2D eigenvalue weighted by atomic mass is 9.92. The number of carbonyl (C=O) groups excluding carboxylic acids is 2. The molecule has 7 heteroatoms. The van der Waals surface area contributed by atoms with Gasteiger partial charge in [0.2, 0.25) is 11.8 Å². The van der Waals surface area contributed by atoms with Crippen LogP contribution in [-0.2, 0) is 9.59 Å². The van der Waals surface area contributed by atoms with Gasteiger partial charge in [-0.25, -0.2) is 0 Å². The molecular weight excluding hydrogens is 328 g/mol. The molecule has 3 atom stereocenters. The molecule has 6 nitrogen and oxygen atoms in total. The van der Waals surface area contributed by atoms with Gasteiger partial charge in [0.15, 0.2) is 0 Å². The normalized spacial score (nSPS) is 28.1. The first kappa shape index (κ1) is 21.2. The Morgan fingerprint density at radius 1 is 1.17 bits per heavy atom. The van der Waals surface area contributed by atoms with Crippen LogP contribution in [-0.4, -0.2) is 67.4 Å². The second-order valence-corrected chi connectivity index (χ2v) is 7.40. The number of carbonyl (C=O) groups is 2. The van der Waals surface area contributed by atoms with Crippen molar-refractivity contribution in [3.63, 3.8) is 0 Å². The van der Waals surface area contributed by atoms with E-state index < -0.39 is 0 Å². The summed E-state index contributed by atoms with van der Waals surface area (Å²) in [4.78, 5) is 28.8. The summed E-state index contributed by atoms with van der Waals surface area (Å²) < 4.78 is 0. The lowest BCUT2D eigenvalue weighted by molar-refractivity contribution is -0.136. The largest absolute Gasteiger partial charge is 0.355 e. The fraction of sp³-hybridized carbons (Fsp3) is 0.882. The molecule has 0 bridgehead atoms. The van der Waals surface area contributed by atoms with Gasteiger partial charge in [-0.05, 0) is 37.6 Å². The van der Waals surface area contributed by atoms with E-state index in [9.17, 15) is 9.59 Å². The Morgan fingerprint density at radius 2 is 1.83 bits per heavy atom. The van der Waals surface area contributed by atoms with E-state index in [-0.39, 0.29) is 30.1 Å². The van der Waals surface area contributed by atoms with Crippen LogP contribution in [0.3, 0.4) is 0 Å². The van der Waals surface area contributed by atoms with Crippen LogP contribution in [0.4, 0.5) is 0 Å². The van der Waals surface area contributed by atoms with E-state index in [0.29, 0.717) is 38.0 Å². The van der Waals surface area contributed by atoms with E-state index in [1.54, 1.807) is 0 Å². The summed E-state index contributed by atoms with van der Waals surface area (Å²) >= 11 is 0. The molecule has 24 heavy (non-hydrogen) atoms. The molecule has 2 aliphatic rings. The van der Waals surface area contributed by atoms with Crippen LogP contribution in [0.25, 0.3) is 0 Å². The molecule has 140 valence electrons. The average Bonchev–Trinajstić information content (AvgIpc) is 2.52. The molecule has 0 spiro atoms. The molecule has 2 rings (SSSR count). The lowest BCUT2D eigenvalue weighted by Gasteiger charge is -2.37. The quantitative estimate of drug-likeness (QED) is 0.756. The zero-order chi connectivity index (χ0) is 16.8. The summed E-state index contributed by atoms with van der Waals surface area (Å²) in [6.45, 7) is 9.20. The molecule has 0 aromatic heterocycles. The van der Waals surface area contributed by atoms with Crippen molar-refractivity contribution in [3.8, 4) is 0 Å². The fourth-order valence-corrected chi connectivity index (χ4v) is 3.91. The Morgan fingerprint density at radius 3 is 2.46 bits per heavy atom. The monoisotopic (exact) mass is 360 g/mol. The number of hydrogen-bond donors (Lipinski definition) is 2. The van der Waals surface area contributed by atoms with Crippen molar-refractivity contribution in [2.45, 2.75) is 33.1 Å². The van der Waals surface area contributed by atoms with Crippen LogP contribution in [0, 0.1) is 17.8 Å². The Bertz CT molecular complexity index is 411. The molecule has 0 aromatic carbocycles. The molecule has 2 aliphatic heterocycles. The predicted molar refractivity (Wildman–Crippen MR) is 98.0 cm³/mol. The summed E-state index contributed by atoms with van der Waals surface area (Å²) in [5.41, 5.74) is 5.43. The summed E-state index contributed by atoms with van der Waals surface area (Å²) in [5.74, 6) is 1.44. The number of nitrogens with one attached hydrogen (secondary N) is 1. The second kappa shape index (κ2) is 10.2. The third kappa shape index (κ3) is 6.22. The molecule has 3 N–H and O–H groups in total. The minimum absolute atomic E-state index is 0. The summed E-state index contributed by atoms with van der Waals surface area (Å²) in [6.07, 6.45) is 3.08. The highest BCUT2D eigenvalue weighted by atomic mass is 35.5. The topological polar surface area (TPSA) is 78.7 Å². The molecule has 0 aromatic rings. The third-order valence-electron chi connectivity index (χ3n) is 4.90. The zero-order valence-corrected chi connectivity index (χ0v) is 15.8. The number of piperidine rings is 2. The highest BCUT2D eigenvalue weighted by Crippen LogP contribution is 2.22. The minimum Gasteiger partial charge on any atom is -0.355 e. The number of hydrogen-bond acceptors (Lipinski definition) is 4. The SMILES string of the molecule is CC1CC(C)CN(C(=O)CN2CCCC(C(=O)NCCN)C2)C1.Cl. The lowest BCUT2D eigenvalue weighted by Crippen LogP contribution is -2.50. The van der Waals surface area contributed by atoms with Gasteiger partial charge in [-0.1, -0.05) is 13.8 Å². The van der Waals surface area contributed by atoms with Crippen LogP contribution in [0.1, 0.15) is 33.1 Å². The maximum absolute atomic E-state index is 12.6. The molecule has 2 saturated heterocycles. The molecule has 0 saturated carbocycles. The number of nitrogens with zero attached hydrogens (tertiary/aromatic N) is 2. The van der Waals surface area contributed by atoms with Crippen molar-refractivity contribution >= 4 is 24.2 Å². The van der Waals surface area contributed by atoms with Gasteiger partial charge in [0.25, 0.3) is 0 Å². The van der Waals surface area contributed by atoms with Crippen molar-refractivity contribution in [1.82, 2.24) is 15.1 Å². The summed E-state index contributed by atoms with van der Waals surface area (Å²) in [6, 6.07) is 0. The Hall–Kier alpha value is -0.850. The van der Waals surface area contributed by atoms with Gasteiger partial charge in [-0.15, -0.1) is 12.4 Å². The summed E-state index contributed by atoms with van der Waals surface area (Å²) in [5, 5.41) is 2.86. The first-order valence-corrected chi connectivity index (χ1v) is 8.97. The van der Waals surface area contributed by atoms with Crippen LogP contribution in [0.15, 0.2) is 0 Å². The number of nitrogens with two attached hydrogens (primary N) is 1. The number of amides is 2. The second-order valence-electron chi connectivity index (χ2n) is 7.40. The third-order valence-corrected chi connectivity index (χ3v) is 4.90. The Balaban J connectivity index is 0.00000288. The standard InChI is InChI=1S/C17H32N4O2.ClH/c1-13-8-14(2)10-21(9-13)16(22)12-20-7-3-4-15(11-20)17(23)19-6-5-18;/h13-15H,3-12,18H2,1-2H3,(H,19,23);1H. The van der Waals surface area contributed by atoms with E-state index in [2.05, 4.69) is 24.1 Å². The van der Waals surface area contributed by atoms with Gasteiger partial charge in [0.1, 0.15) is 0 Å². The molecular formula is C17H33ClN4O2. The average molecular weight is 361 g/mol. The van der Waals surface area contributed by atoms with E-state index in [1.165, 1.54) is 6.42 Å². The van der Waals surface area contributed by atoms with Crippen molar-refractivity contribution in [2.24, 2.45) is 23.5 Å². The Kier molecular flexibility index (Phi) is 9.02. The molecule has 0 radical (unpaired) electrons. The van der Waals surface area contributed by atoms with Gasteiger partial charge in [0.05, 0.1) is 12.5 Å². The van der Waals surface area contributed by atoms with Gasteiger partial charge in [-0.2, -0.15) is 0 Å². The Labute approximate surface area is 151 Å². The van der Waals surface area contributed by atoms with Gasteiger partial charge < -0.3 is 16.0 Å². The van der Waals surface area contributed by atoms with E-state index >= 15 is 0 Å². The van der Waals surface area contributed by atoms with Crippen LogP contribution >= 0.6 is 12.4 Å². The van der Waals surface area contributed by atoms with Gasteiger partial charge >= 0.3 is 0 Å². The minimum atomic E-state index is -0.0118. The highest BCUT2D eigenvalue weighted by Gasteiger charge is 2.30. The van der Waals surface area contributed by atoms with Crippen molar-refractivity contribution in [3.05, 3.63) is 0 Å². The van der Waals surface area contributed by atoms with Crippen molar-refractivity contribution in [1.29, 1.82) is 0 Å². The summed E-state index contributed by atoms with van der Waals surface area (Å²) in [7, 11) is 0. The van der Waals surface area contributed by atoms with Crippen LogP contribution < -0.4 is 11.1 Å². The van der Waals surface area contributed by atoms with Gasteiger partial charge in [0, 0.05) is 32.7 Å². The van der Waals surface area contributed by atoms with E-state index in [1.807, 2.05) is 4.90 Å². The predicted octanol–water partition coefficient (Wildman–Crippen LogP) is 0.700. The fourth-order valence-electron chi connectivity index (χ4n) is 3.91. The van der Waals surface area contributed by atoms with Crippen molar-refractivity contribution < 1.29 is 9.59 Å². The number of likely N-dealkylation sites (tertiary alicyclic amines) is 2. The number of halogens is 1. The van der Waals surface area contributed by atoms with E-state index in [4.69, 9.17) is 5.73 Å². The molecule has 2 heterocycles. The molecule has 2 amide bonds. The maximum atomic E-state index is 12.6. The first-order valence-electron chi connectivity index (χ1n) is 8.97. The molecule has 2 fully saturated rings. The zero-order valence-electron chi connectivity index (χ0n) is 15.0. The molecule has 0 aliphatic carbocycles. The van der Waals surface area contributed by atoms with Crippen LogP contribution in [0.2, 0.25) is 0 Å². The highest BCUT2D eigenvalue weighted by molar-refractivity contribution is 5.85. The van der Waals surface area contributed by atoms with Crippen LogP contribution in [0.5, 0.6) is 0 Å². The molecule has 3 unspecified atom stereocenters. The maximum Gasteiger partial charge on any atom is 0.236 e. The van der Waals surface area contributed by atoms with Gasteiger partial charge in [-0.3, -0.25) is 14.5 Å². The number of rotatable bonds is 5. The first-order chi connectivity index (χ1) is 11.0.